The zero-order chi connectivity index (χ0) is 30.8. The van der Waals surface area contributed by atoms with E-state index in [0.717, 1.165) is 30.1 Å². The van der Waals surface area contributed by atoms with Gasteiger partial charge in [-0.2, -0.15) is 0 Å². The molecule has 242 valence electrons. The Morgan fingerprint density at radius 2 is 0.841 bits per heavy atom. The first-order chi connectivity index (χ1) is 21.3. The van der Waals surface area contributed by atoms with E-state index in [1.807, 2.05) is 0 Å². The van der Waals surface area contributed by atoms with Crippen LogP contribution in [-0.2, 0) is 16.2 Å². The van der Waals surface area contributed by atoms with Gasteiger partial charge in [0.25, 0.3) is 0 Å². The topological polar surface area (TPSA) is 6.48 Å². The van der Waals surface area contributed by atoms with Crippen molar-refractivity contribution in [3.63, 3.8) is 0 Å². The molecule has 0 radical (unpaired) electrons. The summed E-state index contributed by atoms with van der Waals surface area (Å²) >= 11 is 0.000109. The van der Waals surface area contributed by atoms with Crippen LogP contribution in [0.25, 0.3) is 0 Å². The maximum absolute atomic E-state index is 3.24. The molecule has 44 heavy (non-hydrogen) atoms. The second kappa shape index (κ2) is 14.3. The number of hydrogen-bond acceptors (Lipinski definition) is 2. The predicted molar refractivity (Wildman–Crippen MR) is 195 cm³/mol. The number of nitrogens with zero attached hydrogens (tertiary/aromatic N) is 2. The second-order valence-electron chi connectivity index (χ2n) is 15.0. The molecule has 2 nitrogen and oxygen atoms in total. The Morgan fingerprint density at radius 1 is 0.523 bits per heavy atom. The van der Waals surface area contributed by atoms with Crippen molar-refractivity contribution in [1.29, 1.82) is 0 Å². The molecule has 4 heteroatoms. The number of rotatable bonds is 6. The van der Waals surface area contributed by atoms with E-state index in [0.29, 0.717) is 0 Å². The van der Waals surface area contributed by atoms with Gasteiger partial charge >= 0.3 is 279 Å². The van der Waals surface area contributed by atoms with Crippen molar-refractivity contribution in [3.8, 4) is 0 Å². The maximum atomic E-state index is 3.24. The molecular weight excluding hydrogens is 640 g/mol. The Balaban J connectivity index is 1.57. The monoisotopic (exact) mass is 701 g/mol. The Bertz CT molecular complexity index is 1230. The van der Waals surface area contributed by atoms with Gasteiger partial charge < -0.3 is 0 Å². The molecule has 0 aromatic heterocycles. The fourth-order valence-corrected chi connectivity index (χ4v) is 22.7. The van der Waals surface area contributed by atoms with Crippen molar-refractivity contribution in [3.05, 3.63) is 57.6 Å². The summed E-state index contributed by atoms with van der Waals surface area (Å²) < 4.78 is 4.90. The third kappa shape index (κ3) is 6.50. The Morgan fingerprint density at radius 3 is 1.16 bits per heavy atom. The van der Waals surface area contributed by atoms with Crippen molar-refractivity contribution in [2.45, 2.75) is 155 Å². The van der Waals surface area contributed by atoms with E-state index in [2.05, 4.69) is 80.0 Å². The summed E-state index contributed by atoms with van der Waals surface area (Å²) in [5.74, 6) is 0. The quantitative estimate of drug-likeness (QED) is 0.219. The van der Waals surface area contributed by atoms with Gasteiger partial charge in [0.05, 0.1) is 0 Å². The fourth-order valence-electron chi connectivity index (χ4n) is 10.1. The van der Waals surface area contributed by atoms with Crippen molar-refractivity contribution in [2.75, 3.05) is 22.9 Å². The third-order valence-electron chi connectivity index (χ3n) is 11.7. The first-order valence-electron chi connectivity index (χ1n) is 18.2. The van der Waals surface area contributed by atoms with Gasteiger partial charge in [0.1, 0.15) is 0 Å². The summed E-state index contributed by atoms with van der Waals surface area (Å²) in [6, 6.07) is 9.70. The molecule has 0 atom stereocenters. The first kappa shape index (κ1) is 32.8. The summed E-state index contributed by atoms with van der Waals surface area (Å²) in [5.41, 5.74) is 14.6. The molecule has 3 saturated carbocycles. The van der Waals surface area contributed by atoms with E-state index in [-0.39, 0.29) is 16.2 Å². The van der Waals surface area contributed by atoms with Gasteiger partial charge in [-0.3, -0.25) is 0 Å². The Labute approximate surface area is 277 Å². The molecule has 0 bridgehead atoms. The van der Waals surface area contributed by atoms with Crippen LogP contribution in [0.15, 0.2) is 24.3 Å². The van der Waals surface area contributed by atoms with Gasteiger partial charge in [0.15, 0.2) is 0 Å². The molecule has 0 unspecified atom stereocenters. The third-order valence-corrected chi connectivity index (χ3v) is 21.9. The molecule has 6 rings (SSSR count). The van der Waals surface area contributed by atoms with Crippen LogP contribution >= 0.6 is 7.26 Å². The van der Waals surface area contributed by atoms with Gasteiger partial charge in [-0.05, 0) is 0 Å². The van der Waals surface area contributed by atoms with Crippen LogP contribution in [0, 0.1) is 41.5 Å². The zero-order valence-corrected chi connectivity index (χ0v) is 31.5. The number of hydrogen-bond donors (Lipinski definition) is 0. The van der Waals surface area contributed by atoms with E-state index >= 15 is 0 Å². The molecule has 2 aromatic rings. The second-order valence-corrected chi connectivity index (χ2v) is 21.8. The summed E-state index contributed by atoms with van der Waals surface area (Å²) in [6.45, 7) is 16.2. The summed E-state index contributed by atoms with van der Waals surface area (Å²) in [4.78, 5) is 5.63. The molecule has 1 heterocycles. The van der Waals surface area contributed by atoms with Crippen molar-refractivity contribution in [1.82, 2.24) is 0 Å². The molecule has 0 amide bonds. The van der Waals surface area contributed by atoms with Crippen LogP contribution in [0.3, 0.4) is 0 Å². The fraction of sp³-hybridized carbons (Fsp3) is 0.650. The number of aryl methyl sites for hydroxylation is 6. The minimum absolute atomic E-state index is 0.000109. The van der Waals surface area contributed by atoms with E-state index in [1.165, 1.54) is 141 Å². The average Bonchev–Trinajstić information content (AvgIpc) is 3.40. The molecule has 1 saturated heterocycles. The van der Waals surface area contributed by atoms with Crippen LogP contribution in [-0.4, -0.2) is 38.8 Å². The van der Waals surface area contributed by atoms with Crippen molar-refractivity contribution in [2.24, 2.45) is 0 Å². The molecule has 4 fully saturated rings. The summed E-state index contributed by atoms with van der Waals surface area (Å²) in [5, 5.41) is 0. The molecule has 2 aromatic carbocycles. The van der Waals surface area contributed by atoms with Crippen LogP contribution in [0.1, 0.15) is 130 Å². The van der Waals surface area contributed by atoms with Gasteiger partial charge in [-0.1, -0.05) is 0 Å². The molecule has 0 N–H and O–H groups in total. The molecule has 4 aliphatic rings. The van der Waals surface area contributed by atoms with Gasteiger partial charge in [-0.15, -0.1) is 0 Å². The van der Waals surface area contributed by atoms with Crippen LogP contribution < -0.4 is 9.80 Å². The van der Waals surface area contributed by atoms with E-state index in [9.17, 15) is 0 Å². The predicted octanol–water partition coefficient (Wildman–Crippen LogP) is 10.8. The Kier molecular flexibility index (Phi) is 10.6. The van der Waals surface area contributed by atoms with E-state index in [4.69, 9.17) is 0 Å². The Hall–Kier alpha value is -1.17. The number of anilines is 2. The first-order valence-corrected chi connectivity index (χ1v) is 22.1. The average molecular weight is 701 g/mol. The number of benzene rings is 2. The van der Waals surface area contributed by atoms with Gasteiger partial charge in [-0.25, -0.2) is 0 Å². The van der Waals surface area contributed by atoms with Crippen molar-refractivity contribution < 1.29 is 16.2 Å². The van der Waals surface area contributed by atoms with Gasteiger partial charge in [0, 0.05) is 0 Å². The summed E-state index contributed by atoms with van der Waals surface area (Å²) in [7, 11) is -1.23. The molecular formula is C40H60N2PRu+. The van der Waals surface area contributed by atoms with Crippen LogP contribution in [0.2, 0.25) is 0 Å². The van der Waals surface area contributed by atoms with E-state index in [1.54, 1.807) is 4.35 Å². The minimum atomic E-state index is -1.23. The van der Waals surface area contributed by atoms with Gasteiger partial charge in [0.2, 0.25) is 0 Å². The van der Waals surface area contributed by atoms with E-state index < -0.39 is 7.26 Å². The van der Waals surface area contributed by atoms with Crippen LogP contribution in [0.5, 0.6) is 0 Å². The van der Waals surface area contributed by atoms with Crippen LogP contribution in [0.4, 0.5) is 11.4 Å². The SMILES string of the molecule is Cc1cc(C)c(N2CCN(c3c(C)cc(C)cc3C)[C]2=[Ru]=[CH][P+](C2CCCCC2)(C2CCCCC2)C2CCCCC2)c(C)c1. The zero-order valence-electron chi connectivity index (χ0n) is 28.8. The molecule has 3 aliphatic carbocycles. The standard InChI is InChI=1S/C21H26N2.C19H34P.Ru/c1-14-9-16(3)20(17(4)10-14)22-7-8-23(13-22)21-18(5)11-15(2)12-19(21)6;1-20(17-11-5-2-6-12-17,18-13-7-3-8-14-18)19-15-9-4-10-16-19;/h9-12H,7-8H2,1-6H3;1,17-19H,2-16H2;/q;+1;. The molecule has 1 aliphatic heterocycles. The summed E-state index contributed by atoms with van der Waals surface area (Å²) in [6.07, 6.45) is 22.6. The molecule has 0 spiro atoms. The van der Waals surface area contributed by atoms with Crippen molar-refractivity contribution >= 4 is 27.3 Å². The normalized spacial score (nSPS) is 21.4.